The first-order valence-corrected chi connectivity index (χ1v) is 8.91. The summed E-state index contributed by atoms with van der Waals surface area (Å²) in [4.78, 5) is 69.9. The molecule has 2 rings (SSSR count). The Bertz CT molecular complexity index is 964. The van der Waals surface area contributed by atoms with Gasteiger partial charge in [0, 0.05) is 17.2 Å². The van der Waals surface area contributed by atoms with Crippen molar-refractivity contribution in [3.8, 4) is 0 Å². The number of carboxylic acids is 4. The van der Waals surface area contributed by atoms with Crippen LogP contribution < -0.4 is 0 Å². The van der Waals surface area contributed by atoms with E-state index in [0.29, 0.717) is 0 Å². The highest BCUT2D eigenvalue weighted by molar-refractivity contribution is 6.02. The molecular formula is C22H18O13. The van der Waals surface area contributed by atoms with E-state index in [-0.39, 0.29) is 22.3 Å². The number of aromatic carboxylic acids is 4. The first-order chi connectivity index (χ1) is 16.5. The fourth-order valence-electron chi connectivity index (χ4n) is 1.86. The van der Waals surface area contributed by atoms with Crippen molar-refractivity contribution in [3.63, 3.8) is 0 Å². The molecule has 0 fully saturated rings. The monoisotopic (exact) mass is 490 g/mol. The van der Waals surface area contributed by atoms with Crippen molar-refractivity contribution >= 4 is 35.8 Å². The van der Waals surface area contributed by atoms with Crippen LogP contribution in [-0.2, 0) is 24.4 Å². The first-order valence-electron chi connectivity index (χ1n) is 8.91. The molecule has 2 aromatic carbocycles. The molecular weight excluding hydrogens is 472 g/mol. The number of carboxylic acid groups (broad SMARTS) is 4. The second-order valence-electron chi connectivity index (χ2n) is 5.59. The predicted molar refractivity (Wildman–Crippen MR) is 114 cm³/mol. The average molecular weight is 490 g/mol. The molecule has 0 heterocycles. The van der Waals surface area contributed by atoms with Gasteiger partial charge in [0.2, 0.25) is 0 Å². The van der Waals surface area contributed by atoms with E-state index in [0.717, 1.165) is 12.2 Å². The number of benzene rings is 2. The second-order valence-corrected chi connectivity index (χ2v) is 5.59. The molecule has 0 atom stereocenters. The van der Waals surface area contributed by atoms with Crippen molar-refractivity contribution in [1.82, 2.24) is 0 Å². The largest absolute Gasteiger partial charge is 0.478 e. The van der Waals surface area contributed by atoms with Crippen molar-refractivity contribution in [2.75, 3.05) is 0 Å². The zero-order valence-corrected chi connectivity index (χ0v) is 17.7. The highest BCUT2D eigenvalue weighted by atomic mass is 17.5. The molecule has 13 heteroatoms. The summed E-state index contributed by atoms with van der Waals surface area (Å²) in [5.41, 5.74) is -0.759. The molecule has 0 amide bonds. The SMILES string of the molecule is C=CC(=O)OOOC(=O)C=C.O=C(O)c1ccccc1C(=O)O.O=C(O)c1ccccc1C(=O)O. The molecule has 0 spiro atoms. The Hall–Kier alpha value is -5.30. The predicted octanol–water partition coefficient (Wildman–Crippen LogP) is 2.46. The lowest BCUT2D eigenvalue weighted by molar-refractivity contribution is -0.455. The van der Waals surface area contributed by atoms with Crippen LogP contribution in [0.1, 0.15) is 41.4 Å². The summed E-state index contributed by atoms with van der Waals surface area (Å²) in [6.07, 6.45) is 1.70. The number of hydrogen-bond acceptors (Lipinski definition) is 9. The van der Waals surface area contributed by atoms with Crippen LogP contribution in [0.25, 0.3) is 0 Å². The minimum atomic E-state index is -1.23. The number of carbonyl (C=O) groups is 6. The Balaban J connectivity index is 0.000000496. The summed E-state index contributed by atoms with van der Waals surface area (Å²) < 4.78 is 0. The quantitative estimate of drug-likeness (QED) is 0.238. The van der Waals surface area contributed by atoms with Crippen molar-refractivity contribution in [3.05, 3.63) is 96.1 Å². The minimum absolute atomic E-state index is 0.190. The second kappa shape index (κ2) is 15.5. The van der Waals surface area contributed by atoms with Crippen molar-refractivity contribution < 1.29 is 64.0 Å². The van der Waals surface area contributed by atoms with Gasteiger partial charge in [-0.1, -0.05) is 37.4 Å². The van der Waals surface area contributed by atoms with Gasteiger partial charge in [0.15, 0.2) is 0 Å². The number of carbonyl (C=O) groups excluding carboxylic acids is 2. The van der Waals surface area contributed by atoms with Gasteiger partial charge in [0.1, 0.15) is 0 Å². The van der Waals surface area contributed by atoms with Crippen LogP contribution in [0, 0.1) is 0 Å². The maximum absolute atomic E-state index is 10.5. The fraction of sp³-hybridized carbons (Fsp3) is 0. The molecule has 4 N–H and O–H groups in total. The lowest BCUT2D eigenvalue weighted by Gasteiger charge is -1.98. The van der Waals surface area contributed by atoms with Gasteiger partial charge in [-0.3, -0.25) is 9.78 Å². The lowest BCUT2D eigenvalue weighted by Crippen LogP contribution is -2.06. The van der Waals surface area contributed by atoms with Crippen LogP contribution in [0.2, 0.25) is 0 Å². The summed E-state index contributed by atoms with van der Waals surface area (Å²) in [5, 5.41) is 37.9. The summed E-state index contributed by atoms with van der Waals surface area (Å²) in [5.74, 6) is -6.63. The topological polar surface area (TPSA) is 211 Å². The standard InChI is InChI=1S/2C8H6O4.C6H6O5/c2*9-7(10)5-3-1-2-4-6(5)8(11)12;1-3-5(7)9-11-10-6(8)4-2/h2*1-4H,(H,9,10)(H,11,12);3-4H,1-2H2. The van der Waals surface area contributed by atoms with Crippen LogP contribution in [0.4, 0.5) is 0 Å². The van der Waals surface area contributed by atoms with E-state index in [2.05, 4.69) is 28.0 Å². The molecule has 13 nitrogen and oxygen atoms in total. The van der Waals surface area contributed by atoms with E-state index >= 15 is 0 Å². The fourth-order valence-corrected chi connectivity index (χ4v) is 1.86. The van der Waals surface area contributed by atoms with Crippen LogP contribution >= 0.6 is 0 Å². The third-order valence-electron chi connectivity index (χ3n) is 3.34. The van der Waals surface area contributed by atoms with E-state index in [1.807, 2.05) is 0 Å². The van der Waals surface area contributed by atoms with E-state index in [1.165, 1.54) is 48.5 Å². The van der Waals surface area contributed by atoms with Crippen LogP contribution in [-0.4, -0.2) is 56.2 Å². The lowest BCUT2D eigenvalue weighted by atomic mass is 10.1. The van der Waals surface area contributed by atoms with E-state index < -0.39 is 35.8 Å². The van der Waals surface area contributed by atoms with Gasteiger partial charge in [-0.25, -0.2) is 28.8 Å². The van der Waals surface area contributed by atoms with Crippen molar-refractivity contribution in [1.29, 1.82) is 0 Å². The number of rotatable bonds is 8. The third-order valence-corrected chi connectivity index (χ3v) is 3.34. The summed E-state index contributed by atoms with van der Waals surface area (Å²) in [6, 6.07) is 11.0. The highest BCUT2D eigenvalue weighted by Gasteiger charge is 2.14. The minimum Gasteiger partial charge on any atom is -0.478 e. The molecule has 35 heavy (non-hydrogen) atoms. The molecule has 0 unspecified atom stereocenters. The summed E-state index contributed by atoms with van der Waals surface area (Å²) >= 11 is 0. The maximum atomic E-state index is 10.5. The van der Waals surface area contributed by atoms with Crippen molar-refractivity contribution in [2.24, 2.45) is 0 Å². The first kappa shape index (κ1) is 29.7. The number of hydrogen-bond donors (Lipinski definition) is 4. The Morgan fingerprint density at radius 2 is 0.771 bits per heavy atom. The Kier molecular flexibility index (Phi) is 13.1. The molecule has 0 aliphatic rings. The maximum Gasteiger partial charge on any atom is 0.369 e. The molecule has 0 aromatic heterocycles. The molecule has 0 bridgehead atoms. The average Bonchev–Trinajstić information content (AvgIpc) is 2.84. The Morgan fingerprint density at radius 3 is 0.943 bits per heavy atom. The normalized spacial score (nSPS) is 8.91. The van der Waals surface area contributed by atoms with Crippen LogP contribution in [0.3, 0.4) is 0 Å². The van der Waals surface area contributed by atoms with Gasteiger partial charge in [-0.15, -0.1) is 0 Å². The van der Waals surface area contributed by atoms with Crippen LogP contribution in [0.15, 0.2) is 73.8 Å². The molecule has 0 saturated carbocycles. The molecule has 0 aliphatic heterocycles. The zero-order valence-electron chi connectivity index (χ0n) is 17.7. The molecule has 2 aromatic rings. The van der Waals surface area contributed by atoms with Crippen molar-refractivity contribution in [2.45, 2.75) is 0 Å². The van der Waals surface area contributed by atoms with E-state index in [9.17, 15) is 28.8 Å². The molecule has 0 aliphatic carbocycles. The third kappa shape index (κ3) is 11.2. The smallest absolute Gasteiger partial charge is 0.369 e. The van der Waals surface area contributed by atoms with Gasteiger partial charge in [0.25, 0.3) is 0 Å². The van der Waals surface area contributed by atoms with E-state index in [4.69, 9.17) is 20.4 Å². The molecule has 0 radical (unpaired) electrons. The zero-order chi connectivity index (χ0) is 27.0. The van der Waals surface area contributed by atoms with Gasteiger partial charge in [-0.2, -0.15) is 0 Å². The summed E-state index contributed by atoms with van der Waals surface area (Å²) in [6.45, 7) is 6.13. The van der Waals surface area contributed by atoms with Crippen LogP contribution in [0.5, 0.6) is 0 Å². The molecule has 184 valence electrons. The Morgan fingerprint density at radius 1 is 0.543 bits per heavy atom. The van der Waals surface area contributed by atoms with Gasteiger partial charge in [0.05, 0.1) is 22.3 Å². The molecule has 0 saturated heterocycles. The van der Waals surface area contributed by atoms with Gasteiger partial charge in [-0.05, 0) is 24.3 Å². The van der Waals surface area contributed by atoms with Gasteiger partial charge >= 0.3 is 35.8 Å². The van der Waals surface area contributed by atoms with E-state index in [1.54, 1.807) is 0 Å². The van der Waals surface area contributed by atoms with Gasteiger partial charge < -0.3 is 20.4 Å². The highest BCUT2D eigenvalue weighted by Crippen LogP contribution is 2.08. The summed E-state index contributed by atoms with van der Waals surface area (Å²) in [7, 11) is 0. The Labute approximate surface area is 196 Å².